The maximum absolute atomic E-state index is 12.2. The summed E-state index contributed by atoms with van der Waals surface area (Å²) in [4.78, 5) is 12.7. The molecule has 0 saturated carbocycles. The van der Waals surface area contributed by atoms with Crippen LogP contribution in [-0.2, 0) is 5.41 Å². The average Bonchev–Trinajstić information content (AvgIpc) is 2.73. The summed E-state index contributed by atoms with van der Waals surface area (Å²) in [6.45, 7) is 9.82. The Bertz CT molecular complexity index is 410. The fraction of sp³-hybridized carbons (Fsp3) is 0.750. The molecule has 0 unspecified atom stereocenters. The topological polar surface area (TPSA) is 75.1 Å². The average molecular weight is 271 g/mol. The molecule has 1 aromatic rings. The van der Waals surface area contributed by atoms with E-state index >= 15 is 0 Å². The van der Waals surface area contributed by atoms with Crippen LogP contribution >= 0.6 is 11.5 Å². The SMILES string of the molecule is CC(C)[C@@H](CO)NC(=O)c1snnc1C(C)(C)C. The van der Waals surface area contributed by atoms with E-state index in [1.807, 2.05) is 34.6 Å². The van der Waals surface area contributed by atoms with Gasteiger partial charge in [0, 0.05) is 5.41 Å². The molecule has 102 valence electrons. The van der Waals surface area contributed by atoms with Crippen molar-refractivity contribution in [1.29, 1.82) is 0 Å². The first kappa shape index (κ1) is 15.0. The van der Waals surface area contributed by atoms with E-state index < -0.39 is 0 Å². The molecule has 1 amide bonds. The van der Waals surface area contributed by atoms with Crippen molar-refractivity contribution in [3.05, 3.63) is 10.6 Å². The molecule has 6 heteroatoms. The highest BCUT2D eigenvalue weighted by Gasteiger charge is 2.27. The highest BCUT2D eigenvalue weighted by molar-refractivity contribution is 7.08. The zero-order valence-electron chi connectivity index (χ0n) is 11.5. The van der Waals surface area contributed by atoms with Crippen molar-refractivity contribution < 1.29 is 9.90 Å². The number of rotatable bonds is 4. The zero-order valence-corrected chi connectivity index (χ0v) is 12.3. The summed E-state index contributed by atoms with van der Waals surface area (Å²) in [5.41, 5.74) is 0.483. The number of hydrogen-bond donors (Lipinski definition) is 2. The van der Waals surface area contributed by atoms with Crippen molar-refractivity contribution in [3.63, 3.8) is 0 Å². The van der Waals surface area contributed by atoms with Gasteiger partial charge in [0.1, 0.15) is 4.88 Å². The zero-order chi connectivity index (χ0) is 13.9. The van der Waals surface area contributed by atoms with Gasteiger partial charge in [0.15, 0.2) is 0 Å². The first-order valence-corrected chi connectivity index (χ1v) is 6.79. The van der Waals surface area contributed by atoms with E-state index in [4.69, 9.17) is 0 Å². The predicted octanol–water partition coefficient (Wildman–Crippen LogP) is 1.58. The molecule has 5 nitrogen and oxygen atoms in total. The van der Waals surface area contributed by atoms with Crippen molar-refractivity contribution in [2.75, 3.05) is 6.61 Å². The van der Waals surface area contributed by atoms with Crippen LogP contribution < -0.4 is 5.32 Å². The van der Waals surface area contributed by atoms with Gasteiger partial charge in [-0.1, -0.05) is 39.1 Å². The summed E-state index contributed by atoms with van der Waals surface area (Å²) in [7, 11) is 0. The Morgan fingerprint density at radius 1 is 1.44 bits per heavy atom. The van der Waals surface area contributed by atoms with Gasteiger partial charge >= 0.3 is 0 Å². The lowest BCUT2D eigenvalue weighted by atomic mass is 9.91. The minimum absolute atomic E-state index is 0.0690. The van der Waals surface area contributed by atoms with E-state index in [2.05, 4.69) is 14.9 Å². The van der Waals surface area contributed by atoms with Gasteiger partial charge in [-0.05, 0) is 17.5 Å². The van der Waals surface area contributed by atoms with Gasteiger partial charge in [0.2, 0.25) is 0 Å². The second-order valence-electron chi connectivity index (χ2n) is 5.71. The molecule has 0 aliphatic heterocycles. The van der Waals surface area contributed by atoms with Gasteiger partial charge in [0.25, 0.3) is 5.91 Å². The molecule has 18 heavy (non-hydrogen) atoms. The second-order valence-corrected chi connectivity index (χ2v) is 6.46. The molecule has 0 radical (unpaired) electrons. The standard InChI is InChI=1S/C12H21N3O2S/c1-7(2)8(6-16)13-11(17)9-10(12(3,4)5)14-15-18-9/h7-8,16H,6H2,1-5H3,(H,13,17)/t8-/m1/s1. The summed E-state index contributed by atoms with van der Waals surface area (Å²) in [5.74, 6) is -0.0272. The van der Waals surface area contributed by atoms with Gasteiger partial charge in [-0.2, -0.15) is 0 Å². The Hall–Kier alpha value is -1.01. The van der Waals surface area contributed by atoms with E-state index in [0.717, 1.165) is 11.5 Å². The highest BCUT2D eigenvalue weighted by atomic mass is 32.1. The summed E-state index contributed by atoms with van der Waals surface area (Å²) in [6.07, 6.45) is 0. The molecule has 0 bridgehead atoms. The summed E-state index contributed by atoms with van der Waals surface area (Å²) >= 11 is 1.09. The second kappa shape index (κ2) is 5.75. The van der Waals surface area contributed by atoms with E-state index in [1.165, 1.54) is 0 Å². The number of nitrogens with one attached hydrogen (secondary N) is 1. The number of aliphatic hydroxyl groups excluding tert-OH is 1. The number of aliphatic hydroxyl groups is 1. The van der Waals surface area contributed by atoms with Crippen molar-refractivity contribution >= 4 is 17.4 Å². The van der Waals surface area contributed by atoms with Crippen LogP contribution in [0.5, 0.6) is 0 Å². The van der Waals surface area contributed by atoms with Crippen LogP contribution in [0, 0.1) is 5.92 Å². The molecular formula is C12H21N3O2S. The maximum Gasteiger partial charge on any atom is 0.265 e. The van der Waals surface area contributed by atoms with Crippen LogP contribution in [0.4, 0.5) is 0 Å². The van der Waals surface area contributed by atoms with Gasteiger partial charge in [-0.25, -0.2) is 0 Å². The third-order valence-corrected chi connectivity index (χ3v) is 3.45. The largest absolute Gasteiger partial charge is 0.394 e. The normalized spacial score (nSPS) is 13.7. The van der Waals surface area contributed by atoms with Gasteiger partial charge < -0.3 is 10.4 Å². The van der Waals surface area contributed by atoms with Crippen LogP contribution in [0.25, 0.3) is 0 Å². The fourth-order valence-corrected chi connectivity index (χ4v) is 2.27. The molecule has 0 aliphatic rings. The summed E-state index contributed by atoms with van der Waals surface area (Å²) < 4.78 is 3.86. The molecule has 1 rings (SSSR count). The fourth-order valence-electron chi connectivity index (χ4n) is 1.49. The third kappa shape index (κ3) is 3.49. The Morgan fingerprint density at radius 3 is 2.50 bits per heavy atom. The number of nitrogens with zero attached hydrogens (tertiary/aromatic N) is 2. The number of carbonyl (C=O) groups is 1. The molecule has 0 spiro atoms. The van der Waals surface area contributed by atoms with Crippen molar-refractivity contribution in [1.82, 2.24) is 14.9 Å². The number of hydrogen-bond acceptors (Lipinski definition) is 5. The number of aromatic nitrogens is 2. The first-order chi connectivity index (χ1) is 8.27. The first-order valence-electron chi connectivity index (χ1n) is 6.02. The lowest BCUT2D eigenvalue weighted by Crippen LogP contribution is -2.41. The smallest absolute Gasteiger partial charge is 0.265 e. The molecule has 0 saturated heterocycles. The van der Waals surface area contributed by atoms with E-state index in [-0.39, 0.29) is 29.9 Å². The van der Waals surface area contributed by atoms with Crippen molar-refractivity contribution in [2.24, 2.45) is 5.92 Å². The van der Waals surface area contributed by atoms with Crippen LogP contribution in [0.2, 0.25) is 0 Å². The van der Waals surface area contributed by atoms with E-state index in [0.29, 0.717) is 10.6 Å². The molecule has 1 aromatic heterocycles. The lowest BCUT2D eigenvalue weighted by molar-refractivity contribution is 0.0898. The molecule has 0 aliphatic carbocycles. The maximum atomic E-state index is 12.2. The number of amides is 1. The van der Waals surface area contributed by atoms with Crippen LogP contribution in [-0.4, -0.2) is 33.2 Å². The van der Waals surface area contributed by atoms with E-state index in [9.17, 15) is 9.90 Å². The Balaban J connectivity index is 2.89. The Morgan fingerprint density at radius 2 is 2.06 bits per heavy atom. The third-order valence-electron chi connectivity index (χ3n) is 2.72. The molecule has 0 aromatic carbocycles. The van der Waals surface area contributed by atoms with Crippen LogP contribution in [0.15, 0.2) is 0 Å². The Labute approximate surface area is 112 Å². The van der Waals surface area contributed by atoms with Crippen molar-refractivity contribution in [3.8, 4) is 0 Å². The monoisotopic (exact) mass is 271 g/mol. The van der Waals surface area contributed by atoms with Crippen molar-refractivity contribution in [2.45, 2.75) is 46.1 Å². The quantitative estimate of drug-likeness (QED) is 0.872. The van der Waals surface area contributed by atoms with Gasteiger partial charge in [-0.3, -0.25) is 4.79 Å². The highest BCUT2D eigenvalue weighted by Crippen LogP contribution is 2.25. The predicted molar refractivity (Wildman–Crippen MR) is 71.8 cm³/mol. The van der Waals surface area contributed by atoms with Crippen LogP contribution in [0.1, 0.15) is 50.0 Å². The van der Waals surface area contributed by atoms with Gasteiger partial charge in [0.05, 0.1) is 18.3 Å². The minimum atomic E-state index is -0.243. The molecular weight excluding hydrogens is 250 g/mol. The Kier molecular flexibility index (Phi) is 4.81. The minimum Gasteiger partial charge on any atom is -0.394 e. The van der Waals surface area contributed by atoms with Crippen LogP contribution in [0.3, 0.4) is 0 Å². The lowest BCUT2D eigenvalue weighted by Gasteiger charge is -2.21. The molecule has 1 atom stereocenters. The van der Waals surface area contributed by atoms with Gasteiger partial charge in [-0.15, -0.1) is 5.10 Å². The number of carbonyl (C=O) groups excluding carboxylic acids is 1. The molecule has 2 N–H and O–H groups in total. The summed E-state index contributed by atoms with van der Waals surface area (Å²) in [6, 6.07) is -0.243. The van der Waals surface area contributed by atoms with E-state index in [1.54, 1.807) is 0 Å². The molecule has 0 fully saturated rings. The molecule has 1 heterocycles. The summed E-state index contributed by atoms with van der Waals surface area (Å²) in [5, 5.41) is 16.1.